The molecule has 7 heteroatoms. The van der Waals surface area contributed by atoms with Crippen LogP contribution >= 0.6 is 11.3 Å². The zero-order valence-corrected chi connectivity index (χ0v) is 25.6. The van der Waals surface area contributed by atoms with E-state index >= 15 is 0 Å². The summed E-state index contributed by atoms with van der Waals surface area (Å²) in [7, 11) is -3.92. The van der Waals surface area contributed by atoms with E-state index in [1.165, 1.54) is 14.7 Å². The van der Waals surface area contributed by atoms with Crippen molar-refractivity contribution in [2.75, 3.05) is 19.6 Å². The lowest BCUT2D eigenvalue weighted by atomic mass is 9.85. The Balaban J connectivity index is 1.50. The van der Waals surface area contributed by atoms with Gasteiger partial charge >= 0.3 is 0 Å². The van der Waals surface area contributed by atoms with Gasteiger partial charge in [0.15, 0.2) is 0 Å². The summed E-state index contributed by atoms with van der Waals surface area (Å²) in [5, 5.41) is 3.62. The van der Waals surface area contributed by atoms with Gasteiger partial charge in [0.1, 0.15) is 0 Å². The van der Waals surface area contributed by atoms with Crippen molar-refractivity contribution < 1.29 is 13.2 Å². The van der Waals surface area contributed by atoms with Crippen molar-refractivity contribution in [1.29, 1.82) is 0 Å². The molecular formula is C33H38N2O3S2. The average molecular weight is 575 g/mol. The quantitative estimate of drug-likeness (QED) is 0.238. The van der Waals surface area contributed by atoms with Crippen molar-refractivity contribution in [2.45, 2.75) is 57.4 Å². The van der Waals surface area contributed by atoms with Gasteiger partial charge in [-0.05, 0) is 57.3 Å². The summed E-state index contributed by atoms with van der Waals surface area (Å²) in [5.74, 6) is -0.116. The standard InChI is InChI=1S/C33H38N2O3S2/c1-23(2)21-34(40(37,38)30-12-8-10-24-9-6-7-11-27(24)30)22-31(36)35-19-17-29-28(18-20-39-29)32(35)25-13-15-26(16-14-25)33(3,4)5/h6-16,18,20,23,32H,17,19,21-22H2,1-5H3. The van der Waals surface area contributed by atoms with Crippen molar-refractivity contribution in [1.82, 2.24) is 9.21 Å². The Kier molecular flexibility index (Phi) is 7.92. The van der Waals surface area contributed by atoms with E-state index in [-0.39, 0.29) is 41.3 Å². The topological polar surface area (TPSA) is 57.7 Å². The van der Waals surface area contributed by atoms with E-state index in [1.807, 2.05) is 49.1 Å². The second-order valence-corrected chi connectivity index (χ2v) is 15.0. The molecule has 0 aliphatic carbocycles. The number of hydrogen-bond donors (Lipinski definition) is 0. The number of fused-ring (bicyclic) bond motifs is 2. The number of sulfonamides is 1. The molecule has 0 saturated carbocycles. The van der Waals surface area contributed by atoms with Crippen LogP contribution in [0.4, 0.5) is 0 Å². The predicted molar refractivity (Wildman–Crippen MR) is 164 cm³/mol. The Bertz CT molecular complexity index is 1610. The van der Waals surface area contributed by atoms with Crippen molar-refractivity contribution in [3.8, 4) is 0 Å². The molecule has 2 heterocycles. The lowest BCUT2D eigenvalue weighted by molar-refractivity contribution is -0.133. The summed E-state index contributed by atoms with van der Waals surface area (Å²) in [5.41, 5.74) is 3.45. The molecule has 1 aliphatic heterocycles. The largest absolute Gasteiger partial charge is 0.330 e. The van der Waals surface area contributed by atoms with Crippen molar-refractivity contribution >= 4 is 38.0 Å². The molecule has 3 aromatic carbocycles. The van der Waals surface area contributed by atoms with E-state index in [0.717, 1.165) is 22.9 Å². The maximum atomic E-state index is 14.1. The molecule has 1 unspecified atom stereocenters. The molecule has 0 bridgehead atoms. The maximum absolute atomic E-state index is 14.1. The number of benzene rings is 3. The van der Waals surface area contributed by atoms with Gasteiger partial charge in [-0.1, -0.05) is 95.3 Å². The van der Waals surface area contributed by atoms with Crippen LogP contribution < -0.4 is 0 Å². The highest BCUT2D eigenvalue weighted by molar-refractivity contribution is 7.89. The second kappa shape index (κ2) is 11.1. The Morgan fingerprint density at radius 3 is 2.40 bits per heavy atom. The van der Waals surface area contributed by atoms with Crippen molar-refractivity contribution in [3.63, 3.8) is 0 Å². The van der Waals surface area contributed by atoms with Crippen LogP contribution in [0.1, 0.15) is 62.2 Å². The van der Waals surface area contributed by atoms with Crippen molar-refractivity contribution in [3.05, 3.63) is 99.7 Å². The Hall–Kier alpha value is -3.00. The molecule has 1 aliphatic rings. The normalized spacial score (nSPS) is 16.1. The summed E-state index contributed by atoms with van der Waals surface area (Å²) < 4.78 is 29.6. The van der Waals surface area contributed by atoms with Crippen LogP contribution in [0.2, 0.25) is 0 Å². The monoisotopic (exact) mass is 574 g/mol. The second-order valence-electron chi connectivity index (χ2n) is 12.1. The number of carbonyl (C=O) groups excluding carboxylic acids is 1. The van der Waals surface area contributed by atoms with Crippen LogP contribution in [0.5, 0.6) is 0 Å². The molecule has 5 nitrogen and oxygen atoms in total. The number of thiophene rings is 1. The van der Waals surface area contributed by atoms with Crippen LogP contribution in [0, 0.1) is 5.92 Å². The number of carbonyl (C=O) groups is 1. The van der Waals surface area contributed by atoms with Gasteiger partial charge in [0.25, 0.3) is 0 Å². The first kappa shape index (κ1) is 28.5. The predicted octanol–water partition coefficient (Wildman–Crippen LogP) is 7.02. The lowest BCUT2D eigenvalue weighted by Gasteiger charge is -2.38. The fraction of sp³-hybridized carbons (Fsp3) is 0.364. The highest BCUT2D eigenvalue weighted by Gasteiger charge is 2.36. The molecule has 5 rings (SSSR count). The number of amides is 1. The van der Waals surface area contributed by atoms with Crippen LogP contribution in [-0.2, 0) is 26.7 Å². The Morgan fingerprint density at radius 2 is 1.70 bits per heavy atom. The van der Waals surface area contributed by atoms with E-state index in [4.69, 9.17) is 0 Å². The fourth-order valence-corrected chi connectivity index (χ4v) is 8.24. The molecular weight excluding hydrogens is 537 g/mol. The summed E-state index contributed by atoms with van der Waals surface area (Å²) in [4.78, 5) is 17.5. The zero-order valence-electron chi connectivity index (χ0n) is 23.9. The summed E-state index contributed by atoms with van der Waals surface area (Å²) in [6, 6.07) is 23.2. The highest BCUT2D eigenvalue weighted by atomic mass is 32.2. The number of nitrogens with zero attached hydrogens (tertiary/aromatic N) is 2. The third kappa shape index (κ3) is 5.60. The average Bonchev–Trinajstić information content (AvgIpc) is 3.40. The molecule has 0 radical (unpaired) electrons. The van der Waals surface area contributed by atoms with Gasteiger partial charge in [0.05, 0.1) is 17.5 Å². The summed E-state index contributed by atoms with van der Waals surface area (Å²) in [6.45, 7) is 11.2. The van der Waals surface area contributed by atoms with Crippen LogP contribution in [0.25, 0.3) is 10.8 Å². The molecule has 0 fully saturated rings. The highest BCUT2D eigenvalue weighted by Crippen LogP contribution is 2.39. The molecule has 0 saturated heterocycles. The van der Waals surface area contributed by atoms with E-state index in [2.05, 4.69) is 56.5 Å². The lowest BCUT2D eigenvalue weighted by Crippen LogP contribution is -2.47. The molecule has 1 aromatic heterocycles. The molecule has 1 atom stereocenters. The van der Waals surface area contributed by atoms with Crippen LogP contribution in [-0.4, -0.2) is 43.2 Å². The van der Waals surface area contributed by atoms with Crippen molar-refractivity contribution in [2.24, 2.45) is 5.92 Å². The van der Waals surface area contributed by atoms with Gasteiger partial charge in [-0.25, -0.2) is 8.42 Å². The number of rotatable bonds is 7. The van der Waals surface area contributed by atoms with Gasteiger partial charge < -0.3 is 4.90 Å². The van der Waals surface area contributed by atoms with E-state index in [0.29, 0.717) is 11.9 Å². The molecule has 0 N–H and O–H groups in total. The first-order valence-electron chi connectivity index (χ1n) is 13.9. The van der Waals surface area contributed by atoms with E-state index in [9.17, 15) is 13.2 Å². The third-order valence-electron chi connectivity index (χ3n) is 7.63. The molecule has 210 valence electrons. The fourth-order valence-electron chi connectivity index (χ4n) is 5.57. The minimum absolute atomic E-state index is 0.0292. The first-order valence-corrected chi connectivity index (χ1v) is 16.2. The molecule has 40 heavy (non-hydrogen) atoms. The SMILES string of the molecule is CC(C)CN(CC(=O)N1CCc2sccc2C1c1ccc(C(C)(C)C)cc1)S(=O)(=O)c1cccc2ccccc12. The van der Waals surface area contributed by atoms with Gasteiger partial charge in [0.2, 0.25) is 15.9 Å². The Morgan fingerprint density at radius 1 is 1.00 bits per heavy atom. The summed E-state index contributed by atoms with van der Waals surface area (Å²) >= 11 is 1.73. The summed E-state index contributed by atoms with van der Waals surface area (Å²) in [6.07, 6.45) is 0.773. The van der Waals surface area contributed by atoms with Gasteiger partial charge in [-0.3, -0.25) is 4.79 Å². The van der Waals surface area contributed by atoms with Gasteiger partial charge in [0, 0.05) is 23.4 Å². The smallest absolute Gasteiger partial charge is 0.244 e. The first-order chi connectivity index (χ1) is 19.0. The minimum Gasteiger partial charge on any atom is -0.330 e. The van der Waals surface area contributed by atoms with E-state index < -0.39 is 10.0 Å². The van der Waals surface area contributed by atoms with Gasteiger partial charge in [-0.15, -0.1) is 11.3 Å². The molecule has 4 aromatic rings. The van der Waals surface area contributed by atoms with E-state index in [1.54, 1.807) is 23.5 Å². The molecule has 0 spiro atoms. The molecule has 1 amide bonds. The van der Waals surface area contributed by atoms with Crippen LogP contribution in [0.15, 0.2) is 83.1 Å². The maximum Gasteiger partial charge on any atom is 0.244 e. The Labute approximate surface area is 242 Å². The van der Waals surface area contributed by atoms with Gasteiger partial charge in [-0.2, -0.15) is 4.31 Å². The van der Waals surface area contributed by atoms with Crippen LogP contribution in [0.3, 0.4) is 0 Å². The minimum atomic E-state index is -3.92. The third-order valence-corrected chi connectivity index (χ3v) is 10.5. The number of hydrogen-bond acceptors (Lipinski definition) is 4. The zero-order chi connectivity index (χ0) is 28.7.